The van der Waals surface area contributed by atoms with E-state index in [1.54, 1.807) is 60.7 Å². The molecule has 5 rings (SSSR count). The lowest BCUT2D eigenvalue weighted by atomic mass is 10.2. The Morgan fingerprint density at radius 2 is 1.54 bits per heavy atom. The summed E-state index contributed by atoms with van der Waals surface area (Å²) in [6, 6.07) is 22.2. The highest BCUT2D eigenvalue weighted by Gasteiger charge is 2.41. The first-order valence-electron chi connectivity index (χ1n) is 11.5. The summed E-state index contributed by atoms with van der Waals surface area (Å²) in [5, 5.41) is 5.68. The zero-order valence-corrected chi connectivity index (χ0v) is 20.7. The molecular formula is C28H18F3N3O4S. The van der Waals surface area contributed by atoms with Gasteiger partial charge in [-0.15, -0.1) is 0 Å². The van der Waals surface area contributed by atoms with E-state index in [2.05, 4.69) is 10.6 Å². The van der Waals surface area contributed by atoms with Crippen LogP contribution in [-0.4, -0.2) is 17.7 Å². The monoisotopic (exact) mass is 549 g/mol. The van der Waals surface area contributed by atoms with Crippen molar-refractivity contribution in [1.29, 1.82) is 0 Å². The third-order valence-electron chi connectivity index (χ3n) is 5.59. The fourth-order valence-electron chi connectivity index (χ4n) is 3.77. The molecule has 0 bridgehead atoms. The number of imide groups is 1. The number of anilines is 3. The van der Waals surface area contributed by atoms with Crippen LogP contribution in [0.25, 0.3) is 0 Å². The van der Waals surface area contributed by atoms with Crippen molar-refractivity contribution in [3.8, 4) is 0 Å². The molecule has 0 radical (unpaired) electrons. The second-order valence-electron chi connectivity index (χ2n) is 8.25. The molecule has 1 aromatic heterocycles. The van der Waals surface area contributed by atoms with Crippen LogP contribution in [0.3, 0.4) is 0 Å². The largest absolute Gasteiger partial charge is 0.459 e. The molecule has 2 heterocycles. The van der Waals surface area contributed by atoms with Crippen molar-refractivity contribution in [2.75, 3.05) is 15.5 Å². The molecule has 0 aliphatic carbocycles. The SMILES string of the molecule is O=C(Nc1cccc(SC2=C(Nc3ccccc3)C(=O)N(c3ccc(C(F)(F)F)cc3)C2=O)c1)c1ccco1. The third-order valence-corrected chi connectivity index (χ3v) is 6.67. The minimum atomic E-state index is -4.56. The van der Waals surface area contributed by atoms with Crippen LogP contribution in [-0.2, 0) is 15.8 Å². The van der Waals surface area contributed by atoms with E-state index in [0.717, 1.165) is 40.9 Å². The highest BCUT2D eigenvalue weighted by Crippen LogP contribution is 2.39. The van der Waals surface area contributed by atoms with Gasteiger partial charge in [0, 0.05) is 16.3 Å². The Balaban J connectivity index is 1.45. The lowest BCUT2D eigenvalue weighted by molar-refractivity contribution is -0.137. The summed E-state index contributed by atoms with van der Waals surface area (Å²) in [6.45, 7) is 0. The van der Waals surface area contributed by atoms with Gasteiger partial charge in [-0.2, -0.15) is 13.2 Å². The first kappa shape index (κ1) is 25.9. The minimum Gasteiger partial charge on any atom is -0.459 e. The number of hydrogen-bond acceptors (Lipinski definition) is 6. The molecule has 7 nitrogen and oxygen atoms in total. The number of para-hydroxylation sites is 1. The number of carbonyl (C=O) groups is 3. The Labute approximate surface area is 224 Å². The average molecular weight is 550 g/mol. The second-order valence-corrected chi connectivity index (χ2v) is 9.33. The van der Waals surface area contributed by atoms with Crippen LogP contribution in [0, 0.1) is 0 Å². The lowest BCUT2D eigenvalue weighted by Gasteiger charge is -2.16. The summed E-state index contributed by atoms with van der Waals surface area (Å²) >= 11 is 0.985. The molecule has 3 aromatic carbocycles. The van der Waals surface area contributed by atoms with E-state index < -0.39 is 29.5 Å². The van der Waals surface area contributed by atoms with Gasteiger partial charge in [0.15, 0.2) is 5.76 Å². The van der Waals surface area contributed by atoms with Crippen molar-refractivity contribution in [1.82, 2.24) is 0 Å². The van der Waals surface area contributed by atoms with Crippen molar-refractivity contribution in [3.05, 3.63) is 119 Å². The standard InChI is InChI=1S/C28H18F3N3O4S/c29-28(30,31)17-11-13-20(14-12-17)34-26(36)23(32-18-6-2-1-3-7-18)24(27(34)37)39-21-9-4-8-19(16-21)33-25(35)22-10-5-15-38-22/h1-16,32H,(H,33,35). The van der Waals surface area contributed by atoms with Crippen molar-refractivity contribution in [3.63, 3.8) is 0 Å². The van der Waals surface area contributed by atoms with Crippen LogP contribution in [0.15, 0.2) is 117 Å². The molecule has 39 heavy (non-hydrogen) atoms. The summed E-state index contributed by atoms with van der Waals surface area (Å²) in [5.41, 5.74) is 0.0434. The van der Waals surface area contributed by atoms with Crippen molar-refractivity contribution < 1.29 is 32.0 Å². The highest BCUT2D eigenvalue weighted by atomic mass is 32.2. The van der Waals surface area contributed by atoms with Crippen LogP contribution in [0.4, 0.5) is 30.2 Å². The number of halogens is 3. The van der Waals surface area contributed by atoms with Gasteiger partial charge in [-0.1, -0.05) is 36.0 Å². The van der Waals surface area contributed by atoms with Crippen LogP contribution < -0.4 is 15.5 Å². The van der Waals surface area contributed by atoms with Gasteiger partial charge in [0.1, 0.15) is 10.6 Å². The summed E-state index contributed by atoms with van der Waals surface area (Å²) in [7, 11) is 0. The fraction of sp³-hybridized carbons (Fsp3) is 0.0357. The third kappa shape index (κ3) is 5.58. The van der Waals surface area contributed by atoms with E-state index in [0.29, 0.717) is 16.3 Å². The lowest BCUT2D eigenvalue weighted by Crippen LogP contribution is -2.32. The highest BCUT2D eigenvalue weighted by molar-refractivity contribution is 8.04. The number of benzene rings is 3. The van der Waals surface area contributed by atoms with E-state index in [1.165, 1.54) is 12.3 Å². The minimum absolute atomic E-state index is 0.000392. The number of furan rings is 1. The fourth-order valence-corrected chi connectivity index (χ4v) is 4.76. The Hall–Kier alpha value is -4.77. The van der Waals surface area contributed by atoms with Crippen LogP contribution in [0.1, 0.15) is 16.1 Å². The average Bonchev–Trinajstić information content (AvgIpc) is 3.53. The zero-order valence-electron chi connectivity index (χ0n) is 19.9. The maximum Gasteiger partial charge on any atom is 0.416 e. The first-order chi connectivity index (χ1) is 18.7. The molecule has 4 aromatic rings. The number of rotatable bonds is 7. The smallest absolute Gasteiger partial charge is 0.416 e. The molecular weight excluding hydrogens is 531 g/mol. The van der Waals surface area contributed by atoms with Gasteiger partial charge in [-0.25, -0.2) is 4.90 Å². The van der Waals surface area contributed by atoms with Gasteiger partial charge in [0.25, 0.3) is 17.7 Å². The summed E-state index contributed by atoms with van der Waals surface area (Å²) in [6.07, 6.45) is -3.19. The van der Waals surface area contributed by atoms with E-state index >= 15 is 0 Å². The van der Waals surface area contributed by atoms with Gasteiger partial charge < -0.3 is 15.1 Å². The van der Waals surface area contributed by atoms with Crippen molar-refractivity contribution in [2.45, 2.75) is 11.1 Å². The Morgan fingerprint density at radius 3 is 2.21 bits per heavy atom. The number of thioether (sulfide) groups is 1. The molecule has 0 spiro atoms. The second kappa shape index (κ2) is 10.5. The van der Waals surface area contributed by atoms with Gasteiger partial charge in [0.2, 0.25) is 0 Å². The molecule has 0 saturated carbocycles. The molecule has 0 saturated heterocycles. The predicted octanol–water partition coefficient (Wildman–Crippen LogP) is 6.54. The van der Waals surface area contributed by atoms with Gasteiger partial charge >= 0.3 is 6.18 Å². The van der Waals surface area contributed by atoms with E-state index in [1.807, 2.05) is 0 Å². The Kier molecular flexibility index (Phi) is 6.99. The maximum atomic E-state index is 13.5. The predicted molar refractivity (Wildman–Crippen MR) is 140 cm³/mol. The molecule has 0 atom stereocenters. The number of hydrogen-bond donors (Lipinski definition) is 2. The number of nitrogens with zero attached hydrogens (tertiary/aromatic N) is 1. The quantitative estimate of drug-likeness (QED) is 0.255. The van der Waals surface area contributed by atoms with E-state index in [9.17, 15) is 27.6 Å². The molecule has 1 aliphatic heterocycles. The Morgan fingerprint density at radius 1 is 0.821 bits per heavy atom. The number of alkyl halides is 3. The number of nitrogens with one attached hydrogen (secondary N) is 2. The molecule has 196 valence electrons. The summed E-state index contributed by atoms with van der Waals surface area (Å²) in [4.78, 5) is 40.7. The first-order valence-corrected chi connectivity index (χ1v) is 12.3. The number of carbonyl (C=O) groups excluding carboxylic acids is 3. The molecule has 1 aliphatic rings. The molecule has 3 amide bonds. The summed E-state index contributed by atoms with van der Waals surface area (Å²) in [5.74, 6) is -1.76. The normalized spacial score (nSPS) is 13.7. The van der Waals surface area contributed by atoms with E-state index in [-0.39, 0.29) is 22.0 Å². The zero-order chi connectivity index (χ0) is 27.6. The van der Waals surface area contributed by atoms with Gasteiger partial charge in [-0.05, 0) is 66.7 Å². The van der Waals surface area contributed by atoms with Crippen molar-refractivity contribution in [2.24, 2.45) is 0 Å². The van der Waals surface area contributed by atoms with Gasteiger partial charge in [0.05, 0.1) is 17.5 Å². The van der Waals surface area contributed by atoms with Crippen molar-refractivity contribution >= 4 is 46.5 Å². The van der Waals surface area contributed by atoms with Crippen LogP contribution >= 0.6 is 11.8 Å². The maximum absolute atomic E-state index is 13.5. The topological polar surface area (TPSA) is 91.7 Å². The molecule has 0 unspecified atom stereocenters. The summed E-state index contributed by atoms with van der Waals surface area (Å²) < 4.78 is 44.2. The Bertz CT molecular complexity index is 1570. The van der Waals surface area contributed by atoms with Gasteiger partial charge in [-0.3, -0.25) is 14.4 Å². The van der Waals surface area contributed by atoms with Crippen LogP contribution in [0.2, 0.25) is 0 Å². The van der Waals surface area contributed by atoms with Crippen LogP contribution in [0.5, 0.6) is 0 Å². The molecule has 0 fully saturated rings. The molecule has 2 N–H and O–H groups in total. The van der Waals surface area contributed by atoms with E-state index in [4.69, 9.17) is 4.42 Å². The molecule has 11 heteroatoms. The number of amides is 3.